The number of hydrogen-bond donors (Lipinski definition) is 0. The lowest BCUT2D eigenvalue weighted by molar-refractivity contribution is 0.562. The number of rotatable bonds is 3. The molecule has 29 heavy (non-hydrogen) atoms. The van der Waals surface area contributed by atoms with Gasteiger partial charge < -0.3 is 8.83 Å². The van der Waals surface area contributed by atoms with Crippen LogP contribution in [0.4, 0.5) is 0 Å². The smallest absolute Gasteiger partial charge is 0.336 e. The summed E-state index contributed by atoms with van der Waals surface area (Å²) in [5, 5.41) is 1.69. The van der Waals surface area contributed by atoms with E-state index in [1.54, 1.807) is 0 Å². The molecule has 0 aliphatic carbocycles. The van der Waals surface area contributed by atoms with Crippen molar-refractivity contribution in [3.63, 3.8) is 0 Å². The van der Waals surface area contributed by atoms with Crippen LogP contribution in [0.25, 0.3) is 38.6 Å². The van der Waals surface area contributed by atoms with Gasteiger partial charge in [0.2, 0.25) is 0 Å². The van der Waals surface area contributed by atoms with Crippen LogP contribution in [0.1, 0.15) is 16.9 Å². The molecule has 5 aromatic rings. The van der Waals surface area contributed by atoms with Gasteiger partial charge in [-0.3, -0.25) is 0 Å². The maximum atomic E-state index is 12.1. The summed E-state index contributed by atoms with van der Waals surface area (Å²) in [5.74, 6) is 0.675. The zero-order chi connectivity index (χ0) is 20.0. The van der Waals surface area contributed by atoms with Crippen molar-refractivity contribution in [2.24, 2.45) is 0 Å². The standard InChI is InChI=1S/C26H18O3/c1-16-15-22(27)29-26-20(16)13-14-21-24(26)23(19-11-7-4-8-12-19)25(28-21)17(2)18-9-5-3-6-10-18/h3-15H,2H2,1H3. The highest BCUT2D eigenvalue weighted by Gasteiger charge is 2.22. The van der Waals surface area contributed by atoms with Crippen LogP contribution in [0.2, 0.25) is 0 Å². The average molecular weight is 378 g/mol. The van der Waals surface area contributed by atoms with Crippen molar-refractivity contribution in [2.75, 3.05) is 0 Å². The summed E-state index contributed by atoms with van der Waals surface area (Å²) < 4.78 is 12.0. The number of hydrogen-bond acceptors (Lipinski definition) is 3. The first kappa shape index (κ1) is 17.3. The molecule has 5 rings (SSSR count). The van der Waals surface area contributed by atoms with E-state index in [2.05, 4.69) is 6.58 Å². The Bertz CT molecular complexity index is 1420. The summed E-state index contributed by atoms with van der Waals surface area (Å²) in [6.45, 7) is 6.22. The molecule has 0 N–H and O–H groups in total. The highest BCUT2D eigenvalue weighted by Crippen LogP contribution is 2.43. The van der Waals surface area contributed by atoms with Gasteiger partial charge in [0, 0.05) is 22.6 Å². The summed E-state index contributed by atoms with van der Waals surface area (Å²) in [7, 11) is 0. The maximum absolute atomic E-state index is 12.1. The van der Waals surface area contributed by atoms with Gasteiger partial charge in [-0.25, -0.2) is 4.79 Å². The fraction of sp³-hybridized carbons (Fsp3) is 0.0385. The molecule has 0 aliphatic heterocycles. The summed E-state index contributed by atoms with van der Waals surface area (Å²) in [4.78, 5) is 12.1. The van der Waals surface area contributed by atoms with Gasteiger partial charge in [0.25, 0.3) is 0 Å². The molecule has 0 aliphatic rings. The molecule has 3 nitrogen and oxygen atoms in total. The Hall–Kier alpha value is -3.85. The van der Waals surface area contributed by atoms with Crippen LogP contribution in [-0.2, 0) is 0 Å². The molecule has 0 radical (unpaired) electrons. The van der Waals surface area contributed by atoms with Crippen LogP contribution in [0.3, 0.4) is 0 Å². The Balaban J connectivity index is 1.93. The van der Waals surface area contributed by atoms with Crippen molar-refractivity contribution < 1.29 is 8.83 Å². The monoisotopic (exact) mass is 378 g/mol. The summed E-state index contributed by atoms with van der Waals surface area (Å²) >= 11 is 0. The summed E-state index contributed by atoms with van der Waals surface area (Å²) in [5.41, 5.74) is 5.34. The fourth-order valence-electron chi connectivity index (χ4n) is 3.83. The molecular weight excluding hydrogens is 360 g/mol. The fourth-order valence-corrected chi connectivity index (χ4v) is 3.83. The van der Waals surface area contributed by atoms with Gasteiger partial charge in [-0.15, -0.1) is 0 Å². The Labute approximate surface area is 167 Å². The molecule has 0 saturated carbocycles. The van der Waals surface area contributed by atoms with Gasteiger partial charge in [-0.1, -0.05) is 67.2 Å². The molecule has 3 aromatic carbocycles. The SMILES string of the molecule is C=C(c1ccccc1)c1oc2ccc3c(C)cc(=O)oc3c2c1-c1ccccc1. The zero-order valence-corrected chi connectivity index (χ0v) is 15.9. The third-order valence-electron chi connectivity index (χ3n) is 5.23. The third kappa shape index (κ3) is 2.79. The molecule has 0 amide bonds. The molecule has 2 heterocycles. The van der Waals surface area contributed by atoms with E-state index in [1.807, 2.05) is 79.7 Å². The van der Waals surface area contributed by atoms with Crippen LogP contribution >= 0.6 is 0 Å². The average Bonchev–Trinajstić information content (AvgIpc) is 3.14. The van der Waals surface area contributed by atoms with Crippen molar-refractivity contribution in [3.8, 4) is 11.1 Å². The maximum Gasteiger partial charge on any atom is 0.336 e. The second-order valence-corrected chi connectivity index (χ2v) is 7.08. The van der Waals surface area contributed by atoms with Crippen LogP contribution in [0.5, 0.6) is 0 Å². The minimum atomic E-state index is -0.369. The number of aryl methyl sites for hydroxylation is 1. The van der Waals surface area contributed by atoms with Crippen molar-refractivity contribution >= 4 is 27.5 Å². The van der Waals surface area contributed by atoms with Crippen molar-refractivity contribution in [1.82, 2.24) is 0 Å². The second-order valence-electron chi connectivity index (χ2n) is 7.08. The number of fused-ring (bicyclic) bond motifs is 3. The first-order valence-electron chi connectivity index (χ1n) is 9.43. The van der Waals surface area contributed by atoms with Gasteiger partial charge in [-0.2, -0.15) is 0 Å². The highest BCUT2D eigenvalue weighted by molar-refractivity contribution is 6.13. The van der Waals surface area contributed by atoms with Crippen LogP contribution in [-0.4, -0.2) is 0 Å². The Kier molecular flexibility index (Phi) is 3.95. The van der Waals surface area contributed by atoms with Crippen molar-refractivity contribution in [3.05, 3.63) is 113 Å². The molecule has 2 aromatic heterocycles. The largest absolute Gasteiger partial charge is 0.455 e. The van der Waals surface area contributed by atoms with Crippen molar-refractivity contribution in [2.45, 2.75) is 6.92 Å². The molecule has 140 valence electrons. The molecule has 0 saturated heterocycles. The van der Waals surface area contributed by atoms with E-state index in [4.69, 9.17) is 8.83 Å². The van der Waals surface area contributed by atoms with Crippen LogP contribution in [0, 0.1) is 6.92 Å². The Morgan fingerprint density at radius 2 is 1.55 bits per heavy atom. The Morgan fingerprint density at radius 1 is 0.862 bits per heavy atom. The van der Waals surface area contributed by atoms with E-state index in [9.17, 15) is 4.79 Å². The van der Waals surface area contributed by atoms with Gasteiger partial charge in [-0.05, 0) is 35.7 Å². The lowest BCUT2D eigenvalue weighted by Crippen LogP contribution is -1.98. The van der Waals surface area contributed by atoms with E-state index in [0.29, 0.717) is 16.9 Å². The predicted molar refractivity (Wildman–Crippen MR) is 117 cm³/mol. The van der Waals surface area contributed by atoms with E-state index in [0.717, 1.165) is 38.6 Å². The normalized spacial score (nSPS) is 11.2. The van der Waals surface area contributed by atoms with Crippen LogP contribution in [0.15, 0.2) is 99.1 Å². The molecule has 0 spiro atoms. The minimum Gasteiger partial charge on any atom is -0.455 e. The number of benzene rings is 3. The van der Waals surface area contributed by atoms with E-state index >= 15 is 0 Å². The second kappa shape index (κ2) is 6.64. The molecule has 0 fully saturated rings. The lowest BCUT2D eigenvalue weighted by Gasteiger charge is -2.08. The van der Waals surface area contributed by atoms with Gasteiger partial charge in [0.1, 0.15) is 16.9 Å². The Morgan fingerprint density at radius 3 is 2.28 bits per heavy atom. The minimum absolute atomic E-state index is 0.369. The quantitative estimate of drug-likeness (QED) is 0.333. The van der Waals surface area contributed by atoms with Gasteiger partial charge in [0.15, 0.2) is 0 Å². The van der Waals surface area contributed by atoms with E-state index in [1.165, 1.54) is 6.07 Å². The molecule has 0 atom stereocenters. The first-order chi connectivity index (χ1) is 14.1. The predicted octanol–water partition coefficient (Wildman–Crippen LogP) is 6.58. The van der Waals surface area contributed by atoms with E-state index < -0.39 is 0 Å². The molecular formula is C26H18O3. The topological polar surface area (TPSA) is 43.4 Å². The van der Waals surface area contributed by atoms with E-state index in [-0.39, 0.29) is 5.63 Å². The third-order valence-corrected chi connectivity index (χ3v) is 5.23. The molecule has 0 bridgehead atoms. The summed E-state index contributed by atoms with van der Waals surface area (Å²) in [6.07, 6.45) is 0. The highest BCUT2D eigenvalue weighted by atomic mass is 16.4. The zero-order valence-electron chi connectivity index (χ0n) is 15.9. The lowest BCUT2D eigenvalue weighted by atomic mass is 9.95. The molecule has 3 heteroatoms. The van der Waals surface area contributed by atoms with Crippen molar-refractivity contribution in [1.29, 1.82) is 0 Å². The van der Waals surface area contributed by atoms with Gasteiger partial charge >= 0.3 is 5.63 Å². The first-order valence-corrected chi connectivity index (χ1v) is 9.43. The summed E-state index contributed by atoms with van der Waals surface area (Å²) in [6, 6.07) is 25.3. The van der Waals surface area contributed by atoms with Gasteiger partial charge in [0.05, 0.1) is 5.39 Å². The molecule has 0 unspecified atom stereocenters. The van der Waals surface area contributed by atoms with Crippen LogP contribution < -0.4 is 5.63 Å². The number of furan rings is 1.